The van der Waals surface area contributed by atoms with Gasteiger partial charge in [0.2, 0.25) is 5.91 Å². The Hall–Kier alpha value is -0.920. The number of carbonyl (C=O) groups is 2. The maximum absolute atomic E-state index is 12.0. The van der Waals surface area contributed by atoms with Gasteiger partial charge < -0.3 is 10.0 Å². The number of nitrogens with one attached hydrogen (secondary N) is 1. The summed E-state index contributed by atoms with van der Waals surface area (Å²) in [5.41, 5.74) is 0. The fourth-order valence-corrected chi connectivity index (χ4v) is 2.94. The normalized spacial score (nSPS) is 12.2. The number of likely N-dealkylation sites (N-methyl/N-ethyl adjacent to an activating group) is 1. The van der Waals surface area contributed by atoms with Gasteiger partial charge in [-0.1, -0.05) is 0 Å². The summed E-state index contributed by atoms with van der Waals surface area (Å²) >= 11 is 4.97. The van der Waals surface area contributed by atoms with Crippen molar-refractivity contribution in [3.63, 3.8) is 0 Å². The Bertz CT molecular complexity index is 450. The van der Waals surface area contributed by atoms with Gasteiger partial charge in [0.15, 0.2) is 0 Å². The van der Waals surface area contributed by atoms with E-state index in [9.17, 15) is 9.59 Å². The number of amides is 1. The summed E-state index contributed by atoms with van der Waals surface area (Å²) in [6.45, 7) is 4.60. The molecule has 5 nitrogen and oxygen atoms in total. The molecule has 1 atom stereocenters. The van der Waals surface area contributed by atoms with E-state index in [1.54, 1.807) is 16.2 Å². The van der Waals surface area contributed by atoms with E-state index >= 15 is 0 Å². The molecule has 0 bridgehead atoms. The van der Waals surface area contributed by atoms with Gasteiger partial charge >= 0.3 is 5.97 Å². The molecular formula is C12H17BrN2O3S. The third-order valence-electron chi connectivity index (χ3n) is 2.64. The molecule has 1 aromatic heterocycles. The van der Waals surface area contributed by atoms with Gasteiger partial charge in [-0.2, -0.15) is 0 Å². The summed E-state index contributed by atoms with van der Waals surface area (Å²) in [4.78, 5) is 25.4. The highest BCUT2D eigenvalue weighted by Gasteiger charge is 2.16. The monoisotopic (exact) mass is 348 g/mol. The van der Waals surface area contributed by atoms with Gasteiger partial charge in [0, 0.05) is 11.4 Å². The van der Waals surface area contributed by atoms with Gasteiger partial charge in [-0.15, -0.1) is 11.3 Å². The van der Waals surface area contributed by atoms with Crippen molar-refractivity contribution in [3.8, 4) is 0 Å². The van der Waals surface area contributed by atoms with Crippen LogP contribution in [0.3, 0.4) is 0 Å². The molecule has 1 rings (SSSR count). The number of thiophene rings is 1. The molecule has 0 unspecified atom stereocenters. The zero-order valence-electron chi connectivity index (χ0n) is 10.9. The Kier molecular flexibility index (Phi) is 6.47. The second-order valence-corrected chi connectivity index (χ2v) is 6.60. The van der Waals surface area contributed by atoms with Gasteiger partial charge in [-0.05, 0) is 41.9 Å². The molecule has 0 aliphatic carbocycles. The smallest absolute Gasteiger partial charge is 0.320 e. The van der Waals surface area contributed by atoms with Crippen LogP contribution in [0.15, 0.2) is 15.9 Å². The minimum Gasteiger partial charge on any atom is -0.480 e. The van der Waals surface area contributed by atoms with Crippen molar-refractivity contribution in [2.75, 3.05) is 13.1 Å². The third-order valence-corrected chi connectivity index (χ3v) is 4.25. The fourth-order valence-electron chi connectivity index (χ4n) is 1.44. The molecule has 0 saturated heterocycles. The number of carbonyl (C=O) groups excluding carboxylic acids is 1. The summed E-state index contributed by atoms with van der Waals surface area (Å²) in [7, 11) is 0. The largest absolute Gasteiger partial charge is 0.480 e. The average molecular weight is 349 g/mol. The molecule has 7 heteroatoms. The van der Waals surface area contributed by atoms with Crippen LogP contribution in [0, 0.1) is 0 Å². The van der Waals surface area contributed by atoms with Gasteiger partial charge in [0.05, 0.1) is 16.9 Å². The first-order valence-electron chi connectivity index (χ1n) is 5.92. The Morgan fingerprint density at radius 2 is 2.21 bits per heavy atom. The van der Waals surface area contributed by atoms with Crippen molar-refractivity contribution in [2.24, 2.45) is 0 Å². The highest BCUT2D eigenvalue weighted by atomic mass is 79.9. The summed E-state index contributed by atoms with van der Waals surface area (Å²) in [6, 6.07) is 3.19. The minimum atomic E-state index is -0.960. The van der Waals surface area contributed by atoms with Gasteiger partial charge in [-0.25, -0.2) is 0 Å². The van der Waals surface area contributed by atoms with Crippen LogP contribution in [-0.4, -0.2) is 41.0 Å². The number of nitrogens with zero attached hydrogens (tertiary/aromatic N) is 1. The number of hydrogen-bond donors (Lipinski definition) is 2. The lowest BCUT2D eigenvalue weighted by Gasteiger charge is -2.21. The lowest BCUT2D eigenvalue weighted by Crippen LogP contribution is -2.43. The van der Waals surface area contributed by atoms with Crippen LogP contribution in [0.1, 0.15) is 18.7 Å². The maximum Gasteiger partial charge on any atom is 0.320 e. The Morgan fingerprint density at radius 3 is 2.68 bits per heavy atom. The third kappa shape index (κ3) is 5.30. The van der Waals surface area contributed by atoms with E-state index in [0.717, 1.165) is 8.66 Å². The minimum absolute atomic E-state index is 0.0356. The van der Waals surface area contributed by atoms with E-state index in [2.05, 4.69) is 21.2 Å². The molecule has 19 heavy (non-hydrogen) atoms. The lowest BCUT2D eigenvalue weighted by molar-refractivity contribution is -0.139. The van der Waals surface area contributed by atoms with Crippen LogP contribution >= 0.6 is 27.3 Å². The van der Waals surface area contributed by atoms with Crippen molar-refractivity contribution in [2.45, 2.75) is 26.4 Å². The van der Waals surface area contributed by atoms with Crippen LogP contribution in [-0.2, 0) is 16.1 Å². The Labute approximate surface area is 124 Å². The fraction of sp³-hybridized carbons (Fsp3) is 0.500. The van der Waals surface area contributed by atoms with E-state index in [0.29, 0.717) is 13.1 Å². The van der Waals surface area contributed by atoms with E-state index in [-0.39, 0.29) is 12.5 Å². The van der Waals surface area contributed by atoms with Crippen molar-refractivity contribution in [1.82, 2.24) is 10.2 Å². The summed E-state index contributed by atoms with van der Waals surface area (Å²) in [5, 5.41) is 11.4. The number of carboxylic acids is 1. The van der Waals surface area contributed by atoms with Crippen molar-refractivity contribution < 1.29 is 14.7 Å². The molecule has 0 saturated carbocycles. The quantitative estimate of drug-likeness (QED) is 0.789. The topological polar surface area (TPSA) is 69.6 Å². The van der Waals surface area contributed by atoms with Crippen molar-refractivity contribution in [1.29, 1.82) is 0 Å². The van der Waals surface area contributed by atoms with E-state index in [4.69, 9.17) is 5.11 Å². The molecule has 106 valence electrons. The Balaban J connectivity index is 2.50. The molecule has 0 fully saturated rings. The maximum atomic E-state index is 12.0. The average Bonchev–Trinajstić information content (AvgIpc) is 2.77. The molecule has 0 spiro atoms. The number of halogens is 1. The molecule has 0 aromatic carbocycles. The van der Waals surface area contributed by atoms with E-state index in [1.807, 2.05) is 19.1 Å². The lowest BCUT2D eigenvalue weighted by atomic mass is 10.3. The van der Waals surface area contributed by atoms with E-state index in [1.165, 1.54) is 6.92 Å². The first kappa shape index (κ1) is 16.1. The zero-order valence-corrected chi connectivity index (χ0v) is 13.3. The zero-order chi connectivity index (χ0) is 14.4. The van der Waals surface area contributed by atoms with Crippen LogP contribution in [0.5, 0.6) is 0 Å². The predicted molar refractivity (Wildman–Crippen MR) is 78.2 cm³/mol. The van der Waals surface area contributed by atoms with Gasteiger partial charge in [-0.3, -0.25) is 14.9 Å². The van der Waals surface area contributed by atoms with Crippen LogP contribution < -0.4 is 5.32 Å². The number of rotatable bonds is 7. The van der Waals surface area contributed by atoms with Crippen molar-refractivity contribution in [3.05, 3.63) is 20.8 Å². The molecule has 0 aliphatic rings. The second-order valence-electron chi connectivity index (χ2n) is 4.05. The second kappa shape index (κ2) is 7.62. The van der Waals surface area contributed by atoms with E-state index < -0.39 is 12.0 Å². The number of aliphatic carboxylic acids is 1. The predicted octanol–water partition coefficient (Wildman–Crippen LogP) is 1.92. The highest BCUT2D eigenvalue weighted by molar-refractivity contribution is 9.11. The molecule has 0 aliphatic heterocycles. The molecule has 1 aromatic rings. The first-order valence-corrected chi connectivity index (χ1v) is 7.53. The van der Waals surface area contributed by atoms with Gasteiger partial charge in [0.25, 0.3) is 0 Å². The highest BCUT2D eigenvalue weighted by Crippen LogP contribution is 2.23. The molecule has 0 radical (unpaired) electrons. The van der Waals surface area contributed by atoms with Crippen LogP contribution in [0.2, 0.25) is 0 Å². The molecule has 2 N–H and O–H groups in total. The molecule has 1 amide bonds. The number of hydrogen-bond acceptors (Lipinski definition) is 4. The van der Waals surface area contributed by atoms with Crippen LogP contribution in [0.25, 0.3) is 0 Å². The molecule has 1 heterocycles. The molecular weight excluding hydrogens is 332 g/mol. The summed E-state index contributed by atoms with van der Waals surface area (Å²) in [5.74, 6) is -1.06. The Morgan fingerprint density at radius 1 is 1.53 bits per heavy atom. The first-order chi connectivity index (χ1) is 8.93. The van der Waals surface area contributed by atoms with Gasteiger partial charge in [0.1, 0.15) is 6.04 Å². The van der Waals surface area contributed by atoms with Crippen LogP contribution in [0.4, 0.5) is 0 Å². The van der Waals surface area contributed by atoms with Crippen molar-refractivity contribution >= 4 is 39.1 Å². The number of carboxylic acid groups (broad SMARTS) is 1. The standard InChI is InChI=1S/C12H17BrN2O3S/c1-3-15(7-9-4-5-10(13)19-9)11(16)6-14-8(2)12(17)18/h4-5,8,14H,3,6-7H2,1-2H3,(H,17,18)/t8-/m1/s1. The summed E-state index contributed by atoms with van der Waals surface area (Å²) in [6.07, 6.45) is 0. The SMILES string of the molecule is CCN(Cc1ccc(Br)s1)C(=O)CN[C@H](C)C(=O)O. The summed E-state index contributed by atoms with van der Waals surface area (Å²) < 4.78 is 1.03.